The van der Waals surface area contributed by atoms with Gasteiger partial charge in [0.1, 0.15) is 0 Å². The molecule has 2 unspecified atom stereocenters. The summed E-state index contributed by atoms with van der Waals surface area (Å²) in [7, 11) is -3.45. The topological polar surface area (TPSA) is 63.7 Å². The second-order valence-corrected chi connectivity index (χ2v) is 7.84. The van der Waals surface area contributed by atoms with Gasteiger partial charge in [-0.2, -0.15) is 8.42 Å². The third-order valence-corrected chi connectivity index (χ3v) is 5.22. The van der Waals surface area contributed by atoms with Gasteiger partial charge in [-0.25, -0.2) is 0 Å². The van der Waals surface area contributed by atoms with Crippen LogP contribution in [0.2, 0.25) is 0 Å². The van der Waals surface area contributed by atoms with Gasteiger partial charge in [0, 0.05) is 19.0 Å². The highest BCUT2D eigenvalue weighted by Gasteiger charge is 2.42. The maximum Gasteiger partial charge on any atom is 0.264 e. The molecule has 0 aromatic heterocycles. The quantitative estimate of drug-likeness (QED) is 0.579. The molecule has 112 valence electrons. The van der Waals surface area contributed by atoms with E-state index < -0.39 is 10.1 Å². The van der Waals surface area contributed by atoms with E-state index in [1.165, 1.54) is 0 Å². The molecular formula is C14H21NO4S. The summed E-state index contributed by atoms with van der Waals surface area (Å²) in [5.41, 5.74) is 0. The largest absolute Gasteiger partial charge is 0.340 e. The highest BCUT2D eigenvalue weighted by molar-refractivity contribution is 7.86. The van der Waals surface area contributed by atoms with Crippen LogP contribution in [0.1, 0.15) is 25.7 Å². The SMILES string of the molecule is CS(=O)(=O)O[C@H]1CCCN(C(=O)[C@@H]2CC3C=CC2C3)C1. The fourth-order valence-electron chi connectivity index (χ4n) is 3.76. The van der Waals surface area contributed by atoms with Gasteiger partial charge < -0.3 is 4.90 Å². The Morgan fingerprint density at radius 1 is 1.30 bits per heavy atom. The van der Waals surface area contributed by atoms with Crippen molar-refractivity contribution in [2.75, 3.05) is 19.3 Å². The number of hydrogen-bond acceptors (Lipinski definition) is 4. The molecule has 1 saturated carbocycles. The Morgan fingerprint density at radius 2 is 2.10 bits per heavy atom. The van der Waals surface area contributed by atoms with E-state index in [2.05, 4.69) is 12.2 Å². The molecule has 0 N–H and O–H groups in total. The molecule has 3 aliphatic rings. The molecule has 0 aromatic carbocycles. The van der Waals surface area contributed by atoms with Crippen molar-refractivity contribution >= 4 is 16.0 Å². The zero-order valence-corrected chi connectivity index (χ0v) is 12.5. The number of allylic oxidation sites excluding steroid dienone is 2. The first-order valence-electron chi connectivity index (χ1n) is 7.28. The normalized spacial score (nSPS) is 36.5. The van der Waals surface area contributed by atoms with Crippen LogP contribution < -0.4 is 0 Å². The predicted molar refractivity (Wildman–Crippen MR) is 74.4 cm³/mol. The number of amides is 1. The van der Waals surface area contributed by atoms with Gasteiger partial charge in [-0.05, 0) is 37.5 Å². The molecule has 20 heavy (non-hydrogen) atoms. The van der Waals surface area contributed by atoms with Gasteiger partial charge in [0.15, 0.2) is 0 Å². The van der Waals surface area contributed by atoms with Crippen molar-refractivity contribution in [3.63, 3.8) is 0 Å². The van der Waals surface area contributed by atoms with Crippen LogP contribution >= 0.6 is 0 Å². The number of carbonyl (C=O) groups excluding carboxylic acids is 1. The number of rotatable bonds is 3. The van der Waals surface area contributed by atoms with E-state index in [4.69, 9.17) is 4.18 Å². The number of nitrogens with zero attached hydrogens (tertiary/aromatic N) is 1. The molecule has 0 spiro atoms. The lowest BCUT2D eigenvalue weighted by molar-refractivity contribution is -0.139. The van der Waals surface area contributed by atoms with E-state index in [1.807, 2.05) is 0 Å². The lowest BCUT2D eigenvalue weighted by Gasteiger charge is -2.34. The number of fused-ring (bicyclic) bond motifs is 2. The molecule has 2 bridgehead atoms. The summed E-state index contributed by atoms with van der Waals surface area (Å²) in [6.45, 7) is 1.13. The number of piperidine rings is 1. The van der Waals surface area contributed by atoms with Crippen molar-refractivity contribution in [3.8, 4) is 0 Å². The van der Waals surface area contributed by atoms with E-state index in [0.717, 1.165) is 32.1 Å². The molecule has 6 heteroatoms. The average molecular weight is 299 g/mol. The summed E-state index contributed by atoms with van der Waals surface area (Å²) >= 11 is 0. The minimum Gasteiger partial charge on any atom is -0.340 e. The molecule has 2 aliphatic carbocycles. The first-order chi connectivity index (χ1) is 9.42. The molecule has 1 amide bonds. The third-order valence-electron chi connectivity index (χ3n) is 4.60. The Morgan fingerprint density at radius 3 is 2.70 bits per heavy atom. The van der Waals surface area contributed by atoms with E-state index in [0.29, 0.717) is 24.8 Å². The molecule has 1 saturated heterocycles. The van der Waals surface area contributed by atoms with Gasteiger partial charge in [0.2, 0.25) is 5.91 Å². The van der Waals surface area contributed by atoms with E-state index in [1.54, 1.807) is 4.90 Å². The van der Waals surface area contributed by atoms with E-state index in [9.17, 15) is 13.2 Å². The van der Waals surface area contributed by atoms with Gasteiger partial charge in [-0.1, -0.05) is 12.2 Å². The van der Waals surface area contributed by atoms with Crippen molar-refractivity contribution in [1.29, 1.82) is 0 Å². The van der Waals surface area contributed by atoms with Crippen LogP contribution in [0.25, 0.3) is 0 Å². The van der Waals surface area contributed by atoms with Crippen LogP contribution in [0.15, 0.2) is 12.2 Å². The zero-order chi connectivity index (χ0) is 14.3. The molecular weight excluding hydrogens is 278 g/mol. The molecule has 1 heterocycles. The van der Waals surface area contributed by atoms with Crippen LogP contribution in [-0.4, -0.2) is 44.7 Å². The summed E-state index contributed by atoms with van der Waals surface area (Å²) < 4.78 is 27.5. The molecule has 5 nitrogen and oxygen atoms in total. The van der Waals surface area contributed by atoms with Crippen molar-refractivity contribution < 1.29 is 17.4 Å². The summed E-state index contributed by atoms with van der Waals surface area (Å²) in [6.07, 6.45) is 8.65. The Balaban J connectivity index is 1.62. The van der Waals surface area contributed by atoms with Crippen molar-refractivity contribution in [2.45, 2.75) is 31.8 Å². The molecule has 0 radical (unpaired) electrons. The van der Waals surface area contributed by atoms with Crippen molar-refractivity contribution in [3.05, 3.63) is 12.2 Å². The summed E-state index contributed by atoms with van der Waals surface area (Å²) in [5.74, 6) is 1.25. The minimum absolute atomic E-state index is 0.0991. The second kappa shape index (κ2) is 5.15. The lowest BCUT2D eigenvalue weighted by atomic mass is 9.91. The predicted octanol–water partition coefficient (Wildman–Crippen LogP) is 1.17. The van der Waals surface area contributed by atoms with Gasteiger partial charge in [0.25, 0.3) is 10.1 Å². The molecule has 2 fully saturated rings. The number of carbonyl (C=O) groups is 1. The monoisotopic (exact) mass is 299 g/mol. The third kappa shape index (κ3) is 2.91. The van der Waals surface area contributed by atoms with Gasteiger partial charge in [-0.3, -0.25) is 8.98 Å². The average Bonchev–Trinajstić information content (AvgIpc) is 2.98. The maximum absolute atomic E-state index is 12.6. The van der Waals surface area contributed by atoms with Gasteiger partial charge in [-0.15, -0.1) is 0 Å². The van der Waals surface area contributed by atoms with Gasteiger partial charge >= 0.3 is 0 Å². The Bertz CT molecular complexity index is 527. The van der Waals surface area contributed by atoms with Crippen LogP contribution in [0.3, 0.4) is 0 Å². The fourth-order valence-corrected chi connectivity index (χ4v) is 4.41. The fraction of sp³-hybridized carbons (Fsp3) is 0.786. The highest BCUT2D eigenvalue weighted by atomic mass is 32.2. The maximum atomic E-state index is 12.6. The minimum atomic E-state index is -3.45. The summed E-state index contributed by atoms with van der Waals surface area (Å²) in [6, 6.07) is 0. The molecule has 0 aromatic rings. The number of hydrogen-bond donors (Lipinski definition) is 0. The molecule has 4 atom stereocenters. The van der Waals surface area contributed by atoms with Crippen LogP contribution in [0.5, 0.6) is 0 Å². The number of likely N-dealkylation sites (tertiary alicyclic amines) is 1. The van der Waals surface area contributed by atoms with E-state index >= 15 is 0 Å². The standard InChI is InChI=1S/C14H21NO4S/c1-20(17,18)19-12-3-2-6-15(9-12)14(16)13-8-10-4-5-11(13)7-10/h4-5,10-13H,2-3,6-9H2,1H3/t10?,11?,12-,13+/m0/s1. The first-order valence-corrected chi connectivity index (χ1v) is 9.09. The smallest absolute Gasteiger partial charge is 0.264 e. The summed E-state index contributed by atoms with van der Waals surface area (Å²) in [4.78, 5) is 14.4. The summed E-state index contributed by atoms with van der Waals surface area (Å²) in [5, 5.41) is 0. The van der Waals surface area contributed by atoms with Crippen molar-refractivity contribution in [2.24, 2.45) is 17.8 Å². The highest BCUT2D eigenvalue weighted by Crippen LogP contribution is 2.44. The van der Waals surface area contributed by atoms with Gasteiger partial charge in [0.05, 0.1) is 12.4 Å². The second-order valence-electron chi connectivity index (χ2n) is 6.24. The van der Waals surface area contributed by atoms with E-state index in [-0.39, 0.29) is 17.9 Å². The van der Waals surface area contributed by atoms with Crippen LogP contribution in [0.4, 0.5) is 0 Å². The zero-order valence-electron chi connectivity index (χ0n) is 11.7. The molecule has 1 aliphatic heterocycles. The Kier molecular flexibility index (Phi) is 3.62. The first kappa shape index (κ1) is 14.1. The lowest BCUT2D eigenvalue weighted by Crippen LogP contribution is -2.46. The molecule has 3 rings (SSSR count). The van der Waals surface area contributed by atoms with Crippen molar-refractivity contribution in [1.82, 2.24) is 4.90 Å². The Hall–Kier alpha value is -0.880. The Labute approximate surface area is 120 Å². The van der Waals surface area contributed by atoms with Crippen LogP contribution in [-0.2, 0) is 19.1 Å². The van der Waals surface area contributed by atoms with Crippen LogP contribution in [0, 0.1) is 17.8 Å².